The van der Waals surface area contributed by atoms with Crippen LogP contribution in [0.5, 0.6) is 0 Å². The second-order valence-electron chi connectivity index (χ2n) is 6.42. The van der Waals surface area contributed by atoms with Crippen LogP contribution in [0.3, 0.4) is 0 Å². The molecule has 126 valence electrons. The summed E-state index contributed by atoms with van der Waals surface area (Å²) >= 11 is 1.47. The largest absolute Gasteiger partial charge is 0.344 e. The number of hydrogen-bond donors (Lipinski definition) is 1. The minimum Gasteiger partial charge on any atom is -0.344 e. The van der Waals surface area contributed by atoms with Crippen molar-refractivity contribution in [1.29, 1.82) is 0 Å². The molecule has 1 unspecified atom stereocenters. The number of hydrogen-bond acceptors (Lipinski definition) is 3. The number of amides is 1. The number of nitrogens with one attached hydrogen (secondary N) is 1. The molecule has 1 heterocycles. The van der Waals surface area contributed by atoms with Crippen molar-refractivity contribution < 1.29 is 4.79 Å². The van der Waals surface area contributed by atoms with Gasteiger partial charge in [0, 0.05) is 5.56 Å². The number of carbonyl (C=O) groups excluding carboxylic acids is 1. The molecule has 2 aromatic carbocycles. The Balaban J connectivity index is 1.58. The Morgan fingerprint density at radius 1 is 1.12 bits per heavy atom. The lowest BCUT2D eigenvalue weighted by Crippen LogP contribution is -2.30. The van der Waals surface area contributed by atoms with Gasteiger partial charge in [-0.05, 0) is 37.3 Å². The number of nitrogens with zero attached hydrogens (tertiary/aromatic N) is 1. The Bertz CT molecular complexity index is 901. The predicted octanol–water partition coefficient (Wildman–Crippen LogP) is 4.93. The van der Waals surface area contributed by atoms with Gasteiger partial charge in [-0.2, -0.15) is 0 Å². The number of benzene rings is 2. The molecule has 1 aliphatic carbocycles. The Labute approximate surface area is 151 Å². The smallest absolute Gasteiger partial charge is 0.263 e. The molecule has 0 spiro atoms. The van der Waals surface area contributed by atoms with Crippen molar-refractivity contribution in [3.05, 3.63) is 76.3 Å². The highest BCUT2D eigenvalue weighted by Crippen LogP contribution is 2.31. The monoisotopic (exact) mass is 348 g/mol. The molecule has 4 heteroatoms. The third-order valence-electron chi connectivity index (χ3n) is 4.70. The van der Waals surface area contributed by atoms with Crippen molar-refractivity contribution in [1.82, 2.24) is 10.3 Å². The average Bonchev–Trinajstić information content (AvgIpc) is 3.05. The topological polar surface area (TPSA) is 42.0 Å². The Morgan fingerprint density at radius 3 is 2.72 bits per heavy atom. The van der Waals surface area contributed by atoms with Gasteiger partial charge in [-0.3, -0.25) is 4.79 Å². The standard InChI is InChI=1S/C21H20N2OS/c1-14-19(25-21(22-14)16-9-3-2-4-10-16)20(24)23-18-13-7-11-15-8-5-6-12-17(15)18/h2-6,8-10,12,18H,7,11,13H2,1H3,(H,23,24). The van der Waals surface area contributed by atoms with Crippen LogP contribution in [0.2, 0.25) is 0 Å². The van der Waals surface area contributed by atoms with E-state index < -0.39 is 0 Å². The van der Waals surface area contributed by atoms with Gasteiger partial charge < -0.3 is 5.32 Å². The molecule has 0 saturated carbocycles. The van der Waals surface area contributed by atoms with Gasteiger partial charge in [0.05, 0.1) is 11.7 Å². The van der Waals surface area contributed by atoms with Crippen molar-refractivity contribution in [3.8, 4) is 10.6 Å². The van der Waals surface area contributed by atoms with Gasteiger partial charge >= 0.3 is 0 Å². The summed E-state index contributed by atoms with van der Waals surface area (Å²) in [4.78, 5) is 18.2. The third-order valence-corrected chi connectivity index (χ3v) is 5.90. The Morgan fingerprint density at radius 2 is 1.88 bits per heavy atom. The molecular weight excluding hydrogens is 328 g/mol. The first kappa shape index (κ1) is 16.0. The molecule has 1 aromatic heterocycles. The SMILES string of the molecule is Cc1nc(-c2ccccc2)sc1C(=O)NC1CCCc2ccccc21. The molecule has 0 radical (unpaired) electrons. The van der Waals surface area contributed by atoms with Crippen molar-refractivity contribution in [3.63, 3.8) is 0 Å². The van der Waals surface area contributed by atoms with Crippen LogP contribution in [-0.4, -0.2) is 10.9 Å². The molecule has 1 atom stereocenters. The highest BCUT2D eigenvalue weighted by Gasteiger charge is 2.24. The fourth-order valence-corrected chi connectivity index (χ4v) is 4.41. The van der Waals surface area contributed by atoms with Crippen LogP contribution in [0.1, 0.15) is 45.4 Å². The van der Waals surface area contributed by atoms with Gasteiger partial charge in [0.1, 0.15) is 9.88 Å². The van der Waals surface area contributed by atoms with Crippen molar-refractivity contribution in [2.45, 2.75) is 32.2 Å². The van der Waals surface area contributed by atoms with Crippen LogP contribution < -0.4 is 5.32 Å². The summed E-state index contributed by atoms with van der Waals surface area (Å²) in [6.07, 6.45) is 3.20. The maximum Gasteiger partial charge on any atom is 0.263 e. The minimum atomic E-state index is -0.0149. The van der Waals surface area contributed by atoms with Crippen molar-refractivity contribution >= 4 is 17.2 Å². The fourth-order valence-electron chi connectivity index (χ4n) is 3.44. The molecule has 3 aromatic rings. The van der Waals surface area contributed by atoms with Gasteiger partial charge in [-0.25, -0.2) is 4.98 Å². The quantitative estimate of drug-likeness (QED) is 0.729. The first-order valence-corrected chi connectivity index (χ1v) is 9.45. The van der Waals surface area contributed by atoms with Gasteiger partial charge in [0.2, 0.25) is 0 Å². The molecule has 0 bridgehead atoms. The summed E-state index contributed by atoms with van der Waals surface area (Å²) < 4.78 is 0. The molecule has 3 nitrogen and oxygen atoms in total. The zero-order valence-electron chi connectivity index (χ0n) is 14.2. The molecule has 4 rings (SSSR count). The van der Waals surface area contributed by atoms with Gasteiger partial charge in [-0.1, -0.05) is 54.6 Å². The Hall–Kier alpha value is -2.46. The predicted molar refractivity (Wildman–Crippen MR) is 102 cm³/mol. The van der Waals surface area contributed by atoms with Crippen molar-refractivity contribution in [2.24, 2.45) is 0 Å². The van der Waals surface area contributed by atoms with E-state index in [1.54, 1.807) is 0 Å². The summed E-state index contributed by atoms with van der Waals surface area (Å²) in [5.41, 5.74) is 4.46. The van der Waals surface area contributed by atoms with E-state index in [1.165, 1.54) is 22.5 Å². The average molecular weight is 348 g/mol. The first-order valence-electron chi connectivity index (χ1n) is 8.64. The lowest BCUT2D eigenvalue weighted by atomic mass is 9.88. The normalized spacial score (nSPS) is 16.3. The van der Waals surface area contributed by atoms with Gasteiger partial charge in [0.25, 0.3) is 5.91 Å². The third kappa shape index (κ3) is 3.22. The summed E-state index contributed by atoms with van der Waals surface area (Å²) in [5.74, 6) is -0.0149. The second kappa shape index (κ2) is 6.81. The van der Waals surface area contributed by atoms with E-state index in [4.69, 9.17) is 0 Å². The zero-order chi connectivity index (χ0) is 17.2. The summed E-state index contributed by atoms with van der Waals surface area (Å²) in [6.45, 7) is 1.91. The van der Waals surface area contributed by atoms with E-state index in [9.17, 15) is 4.79 Å². The Kier molecular flexibility index (Phi) is 4.36. The number of thiazole rings is 1. The van der Waals surface area contributed by atoms with Crippen LogP contribution in [0, 0.1) is 6.92 Å². The molecule has 0 saturated heterocycles. The van der Waals surface area contributed by atoms with E-state index >= 15 is 0 Å². The second-order valence-corrected chi connectivity index (χ2v) is 7.42. The van der Waals surface area contributed by atoms with E-state index in [2.05, 4.69) is 34.6 Å². The first-order chi connectivity index (χ1) is 12.2. The minimum absolute atomic E-state index is 0.0149. The van der Waals surface area contributed by atoms with Crippen LogP contribution in [-0.2, 0) is 6.42 Å². The summed E-state index contributed by atoms with van der Waals surface area (Å²) in [5, 5.41) is 4.12. The van der Waals surface area contributed by atoms with E-state index in [1.807, 2.05) is 37.3 Å². The lowest BCUT2D eigenvalue weighted by molar-refractivity contribution is 0.0936. The van der Waals surface area contributed by atoms with E-state index in [-0.39, 0.29) is 11.9 Å². The van der Waals surface area contributed by atoms with Gasteiger partial charge in [0.15, 0.2) is 0 Å². The van der Waals surface area contributed by atoms with Gasteiger partial charge in [-0.15, -0.1) is 11.3 Å². The molecule has 25 heavy (non-hydrogen) atoms. The molecule has 0 aliphatic heterocycles. The van der Waals surface area contributed by atoms with Crippen LogP contribution >= 0.6 is 11.3 Å². The maximum absolute atomic E-state index is 12.8. The number of aryl methyl sites for hydroxylation is 2. The summed E-state index contributed by atoms with van der Waals surface area (Å²) in [6, 6.07) is 18.5. The molecule has 1 N–H and O–H groups in total. The van der Waals surface area contributed by atoms with Crippen LogP contribution in [0.4, 0.5) is 0 Å². The van der Waals surface area contributed by atoms with Crippen LogP contribution in [0.25, 0.3) is 10.6 Å². The molecule has 1 amide bonds. The number of aromatic nitrogens is 1. The number of carbonyl (C=O) groups is 1. The fraction of sp³-hybridized carbons (Fsp3) is 0.238. The van der Waals surface area contributed by atoms with E-state index in [0.29, 0.717) is 4.88 Å². The van der Waals surface area contributed by atoms with E-state index in [0.717, 1.165) is 35.5 Å². The number of fused-ring (bicyclic) bond motifs is 1. The van der Waals surface area contributed by atoms with Crippen LogP contribution in [0.15, 0.2) is 54.6 Å². The maximum atomic E-state index is 12.8. The molecule has 0 fully saturated rings. The number of rotatable bonds is 3. The highest BCUT2D eigenvalue weighted by atomic mass is 32.1. The summed E-state index contributed by atoms with van der Waals surface area (Å²) in [7, 11) is 0. The zero-order valence-corrected chi connectivity index (χ0v) is 15.0. The lowest BCUT2D eigenvalue weighted by Gasteiger charge is -2.26. The molecular formula is C21H20N2OS. The highest BCUT2D eigenvalue weighted by molar-refractivity contribution is 7.17. The molecule has 1 aliphatic rings. The van der Waals surface area contributed by atoms with Crippen molar-refractivity contribution in [2.75, 3.05) is 0 Å².